The van der Waals surface area contributed by atoms with Crippen LogP contribution in [0.3, 0.4) is 0 Å². The van der Waals surface area contributed by atoms with Crippen molar-refractivity contribution in [1.82, 2.24) is 0 Å². The average molecular weight is 174 g/mol. The molecule has 0 spiro atoms. The first-order valence-electron chi connectivity index (χ1n) is 3.35. The molecule has 1 N–H and O–H groups in total. The highest BCUT2D eigenvalue weighted by Crippen LogP contribution is 2.21. The van der Waals surface area contributed by atoms with Gasteiger partial charge in [0.15, 0.2) is 0 Å². The third-order valence-corrected chi connectivity index (χ3v) is 2.69. The summed E-state index contributed by atoms with van der Waals surface area (Å²) < 4.78 is 30.0. The van der Waals surface area contributed by atoms with Gasteiger partial charge in [0, 0.05) is 0 Å². The number of rotatable bonds is 1. The van der Waals surface area contributed by atoms with Crippen molar-refractivity contribution in [1.29, 1.82) is 0 Å². The molecule has 0 fully saturated rings. The molecule has 0 amide bonds. The lowest BCUT2D eigenvalue weighted by molar-refractivity contribution is 0.491. The van der Waals surface area contributed by atoms with Crippen molar-refractivity contribution in [3.8, 4) is 0 Å². The summed E-state index contributed by atoms with van der Waals surface area (Å²) in [5.74, 6) is 0. The van der Waals surface area contributed by atoms with Gasteiger partial charge in [-0.15, -0.1) is 0 Å². The molecule has 0 radical (unpaired) electrons. The SMILES string of the molecule is CC1=C(S(=O)(=O)O)C=CCC1. The molecular formula is C7H10O3S. The van der Waals surface area contributed by atoms with Crippen LogP contribution in [0.5, 0.6) is 0 Å². The molecule has 1 aliphatic carbocycles. The van der Waals surface area contributed by atoms with E-state index in [0.717, 1.165) is 12.0 Å². The fraction of sp³-hybridized carbons (Fsp3) is 0.429. The lowest BCUT2D eigenvalue weighted by Gasteiger charge is -2.08. The van der Waals surface area contributed by atoms with Crippen molar-refractivity contribution in [2.24, 2.45) is 0 Å². The molecule has 0 unspecified atom stereocenters. The van der Waals surface area contributed by atoms with E-state index in [1.807, 2.05) is 0 Å². The maximum atomic E-state index is 10.6. The lowest BCUT2D eigenvalue weighted by atomic mass is 10.1. The Morgan fingerprint density at radius 1 is 1.55 bits per heavy atom. The van der Waals surface area contributed by atoms with Gasteiger partial charge in [-0.2, -0.15) is 8.42 Å². The molecule has 62 valence electrons. The number of allylic oxidation sites excluding steroid dienone is 3. The van der Waals surface area contributed by atoms with Crippen LogP contribution >= 0.6 is 0 Å². The highest BCUT2D eigenvalue weighted by Gasteiger charge is 2.15. The topological polar surface area (TPSA) is 54.4 Å². The van der Waals surface area contributed by atoms with Gasteiger partial charge in [-0.05, 0) is 25.8 Å². The van der Waals surface area contributed by atoms with Crippen LogP contribution in [0.1, 0.15) is 19.8 Å². The second-order valence-corrected chi connectivity index (χ2v) is 3.95. The van der Waals surface area contributed by atoms with Gasteiger partial charge < -0.3 is 0 Å². The smallest absolute Gasteiger partial charge is 0.282 e. The van der Waals surface area contributed by atoms with Crippen LogP contribution in [-0.4, -0.2) is 13.0 Å². The van der Waals surface area contributed by atoms with E-state index in [1.54, 1.807) is 13.0 Å². The summed E-state index contributed by atoms with van der Waals surface area (Å²) in [6, 6.07) is 0. The van der Waals surface area contributed by atoms with Crippen LogP contribution < -0.4 is 0 Å². The van der Waals surface area contributed by atoms with E-state index in [4.69, 9.17) is 4.55 Å². The zero-order valence-electron chi connectivity index (χ0n) is 6.24. The Hall–Kier alpha value is -0.610. The van der Waals surface area contributed by atoms with Crippen LogP contribution in [0.4, 0.5) is 0 Å². The summed E-state index contributed by atoms with van der Waals surface area (Å²) in [4.78, 5) is 0.0590. The Bertz CT molecular complexity index is 309. The van der Waals surface area contributed by atoms with E-state index < -0.39 is 10.1 Å². The quantitative estimate of drug-likeness (QED) is 0.613. The minimum absolute atomic E-state index is 0.0590. The summed E-state index contributed by atoms with van der Waals surface area (Å²) in [6.45, 7) is 1.71. The zero-order chi connectivity index (χ0) is 8.48. The molecular weight excluding hydrogens is 164 g/mol. The van der Waals surface area contributed by atoms with Gasteiger partial charge in [0.05, 0.1) is 4.91 Å². The molecule has 0 heterocycles. The maximum absolute atomic E-state index is 10.6. The van der Waals surface area contributed by atoms with Crippen LogP contribution in [-0.2, 0) is 10.1 Å². The molecule has 1 rings (SSSR count). The minimum atomic E-state index is -3.98. The van der Waals surface area contributed by atoms with Gasteiger partial charge in [-0.3, -0.25) is 4.55 Å². The molecule has 0 aliphatic heterocycles. The first-order chi connectivity index (χ1) is 5.02. The second kappa shape index (κ2) is 2.79. The summed E-state index contributed by atoms with van der Waals surface area (Å²) in [7, 11) is -3.98. The fourth-order valence-electron chi connectivity index (χ4n) is 1.06. The Balaban J connectivity index is 3.13. The molecule has 0 aromatic rings. The fourth-order valence-corrected chi connectivity index (χ4v) is 1.87. The molecule has 0 saturated carbocycles. The Morgan fingerprint density at radius 2 is 2.18 bits per heavy atom. The minimum Gasteiger partial charge on any atom is -0.282 e. The molecule has 1 aliphatic rings. The monoisotopic (exact) mass is 174 g/mol. The van der Waals surface area contributed by atoms with Gasteiger partial charge in [-0.25, -0.2) is 0 Å². The predicted molar refractivity (Wildman–Crippen MR) is 42.6 cm³/mol. The Morgan fingerprint density at radius 3 is 2.55 bits per heavy atom. The molecule has 0 saturated heterocycles. The normalized spacial score (nSPS) is 19.1. The molecule has 11 heavy (non-hydrogen) atoms. The van der Waals surface area contributed by atoms with E-state index >= 15 is 0 Å². The van der Waals surface area contributed by atoms with Crippen molar-refractivity contribution in [3.63, 3.8) is 0 Å². The van der Waals surface area contributed by atoms with E-state index in [1.165, 1.54) is 6.08 Å². The lowest BCUT2D eigenvalue weighted by Crippen LogP contribution is -2.04. The van der Waals surface area contributed by atoms with Gasteiger partial charge in [0.2, 0.25) is 0 Å². The summed E-state index contributed by atoms with van der Waals surface area (Å²) >= 11 is 0. The summed E-state index contributed by atoms with van der Waals surface area (Å²) in [5, 5.41) is 0. The summed E-state index contributed by atoms with van der Waals surface area (Å²) in [5.41, 5.74) is 0.731. The standard InChI is InChI=1S/C7H10O3S/c1-6-4-2-3-5-7(6)11(8,9)10/h3,5H,2,4H2,1H3,(H,8,9,10). The van der Waals surface area contributed by atoms with Gasteiger partial charge in [-0.1, -0.05) is 11.6 Å². The van der Waals surface area contributed by atoms with Crippen molar-refractivity contribution in [3.05, 3.63) is 22.6 Å². The van der Waals surface area contributed by atoms with E-state index in [0.29, 0.717) is 6.42 Å². The molecule has 0 bridgehead atoms. The summed E-state index contributed by atoms with van der Waals surface area (Å²) in [6.07, 6.45) is 4.76. The Kier molecular flexibility index (Phi) is 2.15. The first kappa shape index (κ1) is 8.49. The molecule has 0 atom stereocenters. The third kappa shape index (κ3) is 1.91. The number of hydrogen-bond acceptors (Lipinski definition) is 2. The van der Waals surface area contributed by atoms with E-state index in [-0.39, 0.29) is 4.91 Å². The van der Waals surface area contributed by atoms with Crippen molar-refractivity contribution in [2.75, 3.05) is 0 Å². The van der Waals surface area contributed by atoms with Gasteiger partial charge in [0.1, 0.15) is 0 Å². The molecule has 3 nitrogen and oxygen atoms in total. The largest absolute Gasteiger partial charge is 0.294 e. The van der Waals surface area contributed by atoms with Gasteiger partial charge >= 0.3 is 0 Å². The van der Waals surface area contributed by atoms with E-state index in [2.05, 4.69) is 0 Å². The van der Waals surface area contributed by atoms with Crippen molar-refractivity contribution >= 4 is 10.1 Å². The number of hydrogen-bond donors (Lipinski definition) is 1. The van der Waals surface area contributed by atoms with Crippen LogP contribution in [0.25, 0.3) is 0 Å². The zero-order valence-corrected chi connectivity index (χ0v) is 7.06. The average Bonchev–Trinajstić information content (AvgIpc) is 1.86. The maximum Gasteiger partial charge on any atom is 0.294 e. The second-order valence-electron chi connectivity index (χ2n) is 2.56. The predicted octanol–water partition coefficient (Wildman–Crippen LogP) is 1.50. The van der Waals surface area contributed by atoms with Crippen LogP contribution in [0, 0.1) is 0 Å². The van der Waals surface area contributed by atoms with Crippen molar-refractivity contribution in [2.45, 2.75) is 19.8 Å². The highest BCUT2D eigenvalue weighted by atomic mass is 32.2. The molecule has 4 heteroatoms. The van der Waals surface area contributed by atoms with Crippen LogP contribution in [0.2, 0.25) is 0 Å². The molecule has 0 aromatic carbocycles. The van der Waals surface area contributed by atoms with Gasteiger partial charge in [0.25, 0.3) is 10.1 Å². The Labute approximate surface area is 66.2 Å². The van der Waals surface area contributed by atoms with E-state index in [9.17, 15) is 8.42 Å². The highest BCUT2D eigenvalue weighted by molar-refractivity contribution is 7.90. The van der Waals surface area contributed by atoms with Crippen molar-refractivity contribution < 1.29 is 13.0 Å². The first-order valence-corrected chi connectivity index (χ1v) is 4.79. The molecule has 0 aromatic heterocycles. The van der Waals surface area contributed by atoms with Crippen LogP contribution in [0.15, 0.2) is 22.6 Å². The third-order valence-electron chi connectivity index (χ3n) is 1.65.